The molecule has 0 saturated carbocycles. The Morgan fingerprint density at radius 3 is 2.54 bits per heavy atom. The van der Waals surface area contributed by atoms with Gasteiger partial charge in [0.1, 0.15) is 11.5 Å². The summed E-state index contributed by atoms with van der Waals surface area (Å²) in [4.78, 5) is 24.1. The molecule has 0 saturated heterocycles. The van der Waals surface area contributed by atoms with Gasteiger partial charge in [0.05, 0.1) is 12.1 Å². The molecule has 1 aliphatic rings. The molecule has 3 rings (SSSR count). The zero-order valence-corrected chi connectivity index (χ0v) is 13.2. The van der Waals surface area contributed by atoms with Gasteiger partial charge in [-0.2, -0.15) is 0 Å². The first kappa shape index (κ1) is 17.6. The first-order valence-corrected chi connectivity index (χ1v) is 7.52. The van der Waals surface area contributed by atoms with Gasteiger partial charge in [-0.15, -0.1) is 13.2 Å². The van der Waals surface area contributed by atoms with E-state index < -0.39 is 30.0 Å². The smallest absolute Gasteiger partial charge is 0.478 e. The van der Waals surface area contributed by atoms with Crippen molar-refractivity contribution >= 4 is 23.2 Å². The first-order chi connectivity index (χ1) is 12.3. The van der Waals surface area contributed by atoms with Crippen LogP contribution in [0.1, 0.15) is 6.42 Å². The molecule has 6 nitrogen and oxygen atoms in total. The average Bonchev–Trinajstić information content (AvgIpc) is 2.56. The Morgan fingerprint density at radius 1 is 1.15 bits per heavy atom. The molecule has 1 heterocycles. The van der Waals surface area contributed by atoms with Crippen LogP contribution in [0.3, 0.4) is 0 Å². The molecule has 0 spiro atoms. The van der Waals surface area contributed by atoms with Crippen LogP contribution in [0.15, 0.2) is 48.5 Å². The van der Waals surface area contributed by atoms with E-state index in [1.165, 1.54) is 12.1 Å². The second-order valence-corrected chi connectivity index (χ2v) is 5.42. The van der Waals surface area contributed by atoms with Crippen molar-refractivity contribution in [1.82, 2.24) is 0 Å². The Bertz CT molecular complexity index is 822. The molecule has 2 amide bonds. The van der Waals surface area contributed by atoms with Gasteiger partial charge < -0.3 is 20.1 Å². The number of fused-ring (bicyclic) bond motifs is 1. The molecule has 1 aliphatic heterocycles. The van der Waals surface area contributed by atoms with Crippen LogP contribution in [0.25, 0.3) is 0 Å². The third kappa shape index (κ3) is 4.44. The normalized spacial score (nSPS) is 16.1. The molecule has 2 aromatic rings. The van der Waals surface area contributed by atoms with Crippen LogP contribution in [0.5, 0.6) is 11.5 Å². The number of carbonyl (C=O) groups excluding carboxylic acids is 2. The summed E-state index contributed by atoms with van der Waals surface area (Å²) in [6.07, 6.45) is -6.04. The molecule has 0 aromatic heterocycles. The van der Waals surface area contributed by atoms with Gasteiger partial charge in [0.25, 0.3) is 5.91 Å². The van der Waals surface area contributed by atoms with Crippen molar-refractivity contribution in [2.45, 2.75) is 18.9 Å². The number of benzene rings is 2. The number of carbonyl (C=O) groups is 2. The number of ether oxygens (including phenoxy) is 2. The van der Waals surface area contributed by atoms with Crippen LogP contribution in [0, 0.1) is 0 Å². The minimum Gasteiger partial charge on any atom is -0.478 e. The van der Waals surface area contributed by atoms with Crippen LogP contribution in [0.2, 0.25) is 0 Å². The van der Waals surface area contributed by atoms with Crippen LogP contribution < -0.4 is 20.1 Å². The predicted octanol–water partition coefficient (Wildman–Crippen LogP) is 3.31. The topological polar surface area (TPSA) is 76.7 Å². The van der Waals surface area contributed by atoms with Gasteiger partial charge >= 0.3 is 6.36 Å². The molecule has 9 heteroatoms. The summed E-state index contributed by atoms with van der Waals surface area (Å²) in [5.74, 6) is -0.914. The lowest BCUT2D eigenvalue weighted by molar-refractivity contribution is -0.274. The minimum atomic E-state index is -4.78. The van der Waals surface area contributed by atoms with Crippen LogP contribution >= 0.6 is 0 Å². The highest BCUT2D eigenvalue weighted by atomic mass is 19.4. The number of nitrogens with one attached hydrogen (secondary N) is 2. The molecule has 136 valence electrons. The van der Waals surface area contributed by atoms with Crippen LogP contribution in [-0.4, -0.2) is 24.3 Å². The number of hydrogen-bond acceptors (Lipinski definition) is 4. The number of amides is 2. The summed E-state index contributed by atoms with van der Waals surface area (Å²) in [5, 5.41) is 5.13. The van der Waals surface area contributed by atoms with Gasteiger partial charge in [-0.05, 0) is 36.4 Å². The first-order valence-electron chi connectivity index (χ1n) is 7.52. The Kier molecular flexibility index (Phi) is 4.70. The largest absolute Gasteiger partial charge is 0.573 e. The Morgan fingerprint density at radius 2 is 1.85 bits per heavy atom. The maximum atomic E-state index is 12.1. The molecule has 0 radical (unpaired) electrons. The van der Waals surface area contributed by atoms with Crippen molar-refractivity contribution in [2.24, 2.45) is 0 Å². The van der Waals surface area contributed by atoms with E-state index in [0.29, 0.717) is 11.4 Å². The van der Waals surface area contributed by atoms with Crippen molar-refractivity contribution in [1.29, 1.82) is 0 Å². The van der Waals surface area contributed by atoms with E-state index >= 15 is 0 Å². The number of halogens is 3. The average molecular weight is 366 g/mol. The fraction of sp³-hybridized carbons (Fsp3) is 0.176. The Hall–Kier alpha value is -3.23. The van der Waals surface area contributed by atoms with E-state index in [1.807, 2.05) is 0 Å². The summed E-state index contributed by atoms with van der Waals surface area (Å²) < 4.78 is 45.6. The molecule has 0 aliphatic carbocycles. The molecule has 26 heavy (non-hydrogen) atoms. The summed E-state index contributed by atoms with van der Waals surface area (Å²) >= 11 is 0. The fourth-order valence-corrected chi connectivity index (χ4v) is 2.35. The number of para-hydroxylation sites is 2. The zero-order valence-electron chi connectivity index (χ0n) is 13.2. The highest BCUT2D eigenvalue weighted by molar-refractivity contribution is 6.01. The zero-order chi connectivity index (χ0) is 18.7. The van der Waals surface area contributed by atoms with Gasteiger partial charge in [-0.1, -0.05) is 12.1 Å². The molecule has 0 fully saturated rings. The Balaban J connectivity index is 1.58. The highest BCUT2D eigenvalue weighted by Crippen LogP contribution is 2.30. The summed E-state index contributed by atoms with van der Waals surface area (Å²) in [6.45, 7) is 0. The molecular weight excluding hydrogens is 353 g/mol. The van der Waals surface area contributed by atoms with E-state index in [1.54, 1.807) is 24.3 Å². The van der Waals surface area contributed by atoms with E-state index in [-0.39, 0.29) is 12.1 Å². The predicted molar refractivity (Wildman–Crippen MR) is 85.9 cm³/mol. The molecule has 2 aromatic carbocycles. The number of hydrogen-bond donors (Lipinski definition) is 2. The number of alkyl halides is 3. The van der Waals surface area contributed by atoms with Crippen molar-refractivity contribution in [3.8, 4) is 11.5 Å². The molecule has 0 bridgehead atoms. The Labute approximate surface area is 145 Å². The van der Waals surface area contributed by atoms with Gasteiger partial charge in [-0.3, -0.25) is 9.59 Å². The van der Waals surface area contributed by atoms with Crippen LogP contribution in [-0.2, 0) is 9.59 Å². The van der Waals surface area contributed by atoms with Crippen molar-refractivity contribution in [3.05, 3.63) is 48.5 Å². The second-order valence-electron chi connectivity index (χ2n) is 5.42. The van der Waals surface area contributed by atoms with Gasteiger partial charge in [0.15, 0.2) is 6.10 Å². The van der Waals surface area contributed by atoms with Crippen molar-refractivity contribution in [3.63, 3.8) is 0 Å². The van der Waals surface area contributed by atoms with Crippen molar-refractivity contribution in [2.75, 3.05) is 10.6 Å². The SMILES string of the molecule is O=C(CC1Oc2ccccc2NC1=O)Nc1ccc(OC(F)(F)F)cc1. The monoisotopic (exact) mass is 366 g/mol. The summed E-state index contributed by atoms with van der Waals surface area (Å²) in [7, 11) is 0. The molecule has 2 N–H and O–H groups in total. The third-order valence-corrected chi connectivity index (χ3v) is 3.45. The minimum absolute atomic E-state index is 0.249. The van der Waals surface area contributed by atoms with Crippen LogP contribution in [0.4, 0.5) is 24.5 Å². The maximum absolute atomic E-state index is 12.1. The lowest BCUT2D eigenvalue weighted by atomic mass is 10.1. The van der Waals surface area contributed by atoms with Gasteiger partial charge in [0, 0.05) is 5.69 Å². The van der Waals surface area contributed by atoms with E-state index in [4.69, 9.17) is 4.74 Å². The van der Waals surface area contributed by atoms with Gasteiger partial charge in [-0.25, -0.2) is 0 Å². The standard InChI is InChI=1S/C17H13F3N2O4/c18-17(19,20)26-11-7-5-10(6-8-11)21-15(23)9-14-16(24)22-12-3-1-2-4-13(12)25-14/h1-8,14H,9H2,(H,21,23)(H,22,24). The summed E-state index contributed by atoms with van der Waals surface area (Å²) in [6, 6.07) is 11.5. The lowest BCUT2D eigenvalue weighted by Gasteiger charge is -2.25. The molecule has 1 unspecified atom stereocenters. The third-order valence-electron chi connectivity index (χ3n) is 3.45. The van der Waals surface area contributed by atoms with Gasteiger partial charge in [0.2, 0.25) is 5.91 Å². The highest BCUT2D eigenvalue weighted by Gasteiger charge is 2.31. The van der Waals surface area contributed by atoms with E-state index in [9.17, 15) is 22.8 Å². The maximum Gasteiger partial charge on any atom is 0.573 e. The quantitative estimate of drug-likeness (QED) is 0.870. The van der Waals surface area contributed by atoms with Crippen molar-refractivity contribution < 1.29 is 32.2 Å². The number of anilines is 2. The number of rotatable bonds is 4. The lowest BCUT2D eigenvalue weighted by Crippen LogP contribution is -2.39. The molecular formula is C17H13F3N2O4. The second kappa shape index (κ2) is 6.95. The molecule has 1 atom stereocenters. The fourth-order valence-electron chi connectivity index (χ4n) is 2.35. The van der Waals surface area contributed by atoms with E-state index in [0.717, 1.165) is 12.1 Å². The van der Waals surface area contributed by atoms with E-state index in [2.05, 4.69) is 15.4 Å². The summed E-state index contributed by atoms with van der Waals surface area (Å²) in [5.41, 5.74) is 0.788.